The van der Waals surface area contributed by atoms with Crippen LogP contribution in [0.3, 0.4) is 0 Å². The Hall–Kier alpha value is -0.120. The summed E-state index contributed by atoms with van der Waals surface area (Å²) in [7, 11) is 0. The van der Waals surface area contributed by atoms with E-state index in [1.54, 1.807) is 0 Å². The van der Waals surface area contributed by atoms with E-state index in [9.17, 15) is 0 Å². The minimum atomic E-state index is 0.243. The quantitative estimate of drug-likeness (QED) is 0.801. The first-order valence-electron chi connectivity index (χ1n) is 7.18. The number of ether oxygens (including phenoxy) is 1. The molecule has 1 atom stereocenters. The SMILES string of the molecule is CC(C)N(CCO)CC1CCC2(CCCC2)O1. The van der Waals surface area contributed by atoms with Crippen LogP contribution in [0.25, 0.3) is 0 Å². The van der Waals surface area contributed by atoms with Crippen LogP contribution in [0, 0.1) is 0 Å². The predicted octanol–water partition coefficient (Wildman–Crippen LogP) is 2.18. The van der Waals surface area contributed by atoms with Gasteiger partial charge in [0, 0.05) is 19.1 Å². The van der Waals surface area contributed by atoms with Gasteiger partial charge in [0.25, 0.3) is 0 Å². The molecule has 0 radical (unpaired) electrons. The summed E-state index contributed by atoms with van der Waals surface area (Å²) >= 11 is 0. The molecule has 1 heterocycles. The first kappa shape index (κ1) is 13.3. The number of aliphatic hydroxyl groups is 1. The third kappa shape index (κ3) is 3.21. The van der Waals surface area contributed by atoms with Gasteiger partial charge in [0.05, 0.1) is 18.3 Å². The average Bonchev–Trinajstić information content (AvgIpc) is 2.89. The lowest BCUT2D eigenvalue weighted by molar-refractivity contribution is -0.0512. The molecule has 0 aromatic rings. The number of hydrogen-bond donors (Lipinski definition) is 1. The van der Waals surface area contributed by atoms with E-state index in [-0.39, 0.29) is 12.2 Å². The van der Waals surface area contributed by atoms with Crippen LogP contribution in [0.1, 0.15) is 52.4 Å². The van der Waals surface area contributed by atoms with Gasteiger partial charge in [-0.2, -0.15) is 0 Å². The Kier molecular flexibility index (Phi) is 4.45. The molecule has 100 valence electrons. The van der Waals surface area contributed by atoms with E-state index in [4.69, 9.17) is 9.84 Å². The molecule has 2 rings (SSSR count). The molecule has 3 nitrogen and oxygen atoms in total. The van der Waals surface area contributed by atoms with Crippen LogP contribution in [0.2, 0.25) is 0 Å². The van der Waals surface area contributed by atoms with Crippen LogP contribution in [-0.4, -0.2) is 47.4 Å². The van der Waals surface area contributed by atoms with Crippen molar-refractivity contribution in [3.63, 3.8) is 0 Å². The molecule has 1 saturated carbocycles. The highest BCUT2D eigenvalue weighted by Crippen LogP contribution is 2.43. The Balaban J connectivity index is 1.83. The van der Waals surface area contributed by atoms with Gasteiger partial charge in [-0.25, -0.2) is 0 Å². The minimum absolute atomic E-state index is 0.243. The molecule has 1 spiro atoms. The van der Waals surface area contributed by atoms with Crippen LogP contribution in [0.15, 0.2) is 0 Å². The topological polar surface area (TPSA) is 32.7 Å². The van der Waals surface area contributed by atoms with Crippen LogP contribution in [0.4, 0.5) is 0 Å². The zero-order chi connectivity index (χ0) is 12.3. The molecule has 1 saturated heterocycles. The molecule has 3 heteroatoms. The van der Waals surface area contributed by atoms with E-state index in [0.717, 1.165) is 13.1 Å². The molecule has 0 amide bonds. The highest BCUT2D eigenvalue weighted by molar-refractivity contribution is 4.93. The third-order valence-electron chi connectivity index (χ3n) is 4.41. The summed E-state index contributed by atoms with van der Waals surface area (Å²) in [6.07, 6.45) is 8.07. The minimum Gasteiger partial charge on any atom is -0.395 e. The maximum atomic E-state index is 9.08. The molecular formula is C14H27NO2. The predicted molar refractivity (Wildman–Crippen MR) is 69.1 cm³/mol. The summed E-state index contributed by atoms with van der Waals surface area (Å²) in [6, 6.07) is 0.492. The zero-order valence-electron chi connectivity index (χ0n) is 11.3. The Bertz CT molecular complexity index is 236. The maximum absolute atomic E-state index is 9.08. The molecule has 1 N–H and O–H groups in total. The van der Waals surface area contributed by atoms with Gasteiger partial charge in [-0.15, -0.1) is 0 Å². The summed E-state index contributed by atoms with van der Waals surface area (Å²) in [6.45, 7) is 6.38. The van der Waals surface area contributed by atoms with Gasteiger partial charge in [-0.3, -0.25) is 4.90 Å². The first-order chi connectivity index (χ1) is 8.15. The maximum Gasteiger partial charge on any atom is 0.0710 e. The normalized spacial score (nSPS) is 27.7. The van der Waals surface area contributed by atoms with Gasteiger partial charge in [0.15, 0.2) is 0 Å². The van der Waals surface area contributed by atoms with Crippen molar-refractivity contribution in [3.8, 4) is 0 Å². The van der Waals surface area contributed by atoms with Gasteiger partial charge in [-0.05, 0) is 39.5 Å². The number of aliphatic hydroxyl groups excluding tert-OH is 1. The molecule has 1 aliphatic heterocycles. The van der Waals surface area contributed by atoms with E-state index in [1.807, 2.05) is 0 Å². The molecule has 1 aliphatic carbocycles. The Morgan fingerprint density at radius 3 is 2.59 bits per heavy atom. The first-order valence-corrected chi connectivity index (χ1v) is 7.18. The summed E-state index contributed by atoms with van der Waals surface area (Å²) in [5.41, 5.74) is 0.243. The van der Waals surface area contributed by atoms with E-state index in [1.165, 1.54) is 38.5 Å². The van der Waals surface area contributed by atoms with Crippen LogP contribution in [0.5, 0.6) is 0 Å². The summed E-state index contributed by atoms with van der Waals surface area (Å²) in [5, 5.41) is 9.08. The third-order valence-corrected chi connectivity index (χ3v) is 4.41. The lowest BCUT2D eigenvalue weighted by Crippen LogP contribution is -2.40. The summed E-state index contributed by atoms with van der Waals surface area (Å²) in [4.78, 5) is 2.33. The van der Waals surface area contributed by atoms with Crippen molar-refractivity contribution in [3.05, 3.63) is 0 Å². The van der Waals surface area contributed by atoms with E-state index in [0.29, 0.717) is 12.1 Å². The molecule has 0 aromatic carbocycles. The Morgan fingerprint density at radius 2 is 2.00 bits per heavy atom. The second-order valence-electron chi connectivity index (χ2n) is 5.98. The summed E-state index contributed by atoms with van der Waals surface area (Å²) in [5.74, 6) is 0. The van der Waals surface area contributed by atoms with Gasteiger partial charge in [0.2, 0.25) is 0 Å². The van der Waals surface area contributed by atoms with E-state index >= 15 is 0 Å². The monoisotopic (exact) mass is 241 g/mol. The van der Waals surface area contributed by atoms with Crippen molar-refractivity contribution in [2.45, 2.75) is 70.1 Å². The van der Waals surface area contributed by atoms with Crippen molar-refractivity contribution in [1.82, 2.24) is 4.90 Å². The van der Waals surface area contributed by atoms with Crippen molar-refractivity contribution in [2.24, 2.45) is 0 Å². The molecule has 17 heavy (non-hydrogen) atoms. The fourth-order valence-electron chi connectivity index (χ4n) is 3.36. The highest BCUT2D eigenvalue weighted by Gasteiger charge is 2.42. The van der Waals surface area contributed by atoms with Gasteiger partial charge < -0.3 is 9.84 Å². The standard InChI is InChI=1S/C14H27NO2/c1-12(2)15(9-10-16)11-13-5-8-14(17-13)6-3-4-7-14/h12-13,16H,3-11H2,1-2H3. The van der Waals surface area contributed by atoms with E-state index in [2.05, 4.69) is 18.7 Å². The molecule has 1 unspecified atom stereocenters. The van der Waals surface area contributed by atoms with Gasteiger partial charge in [0.1, 0.15) is 0 Å². The zero-order valence-corrected chi connectivity index (χ0v) is 11.3. The Morgan fingerprint density at radius 1 is 1.29 bits per heavy atom. The van der Waals surface area contributed by atoms with Crippen molar-refractivity contribution >= 4 is 0 Å². The van der Waals surface area contributed by atoms with Gasteiger partial charge in [-0.1, -0.05) is 12.8 Å². The van der Waals surface area contributed by atoms with Crippen molar-refractivity contribution < 1.29 is 9.84 Å². The summed E-state index contributed by atoms with van der Waals surface area (Å²) < 4.78 is 6.31. The van der Waals surface area contributed by atoms with Crippen LogP contribution >= 0.6 is 0 Å². The Labute approximate surface area is 105 Å². The molecular weight excluding hydrogens is 214 g/mol. The fraction of sp³-hybridized carbons (Fsp3) is 1.00. The number of hydrogen-bond acceptors (Lipinski definition) is 3. The van der Waals surface area contributed by atoms with Crippen molar-refractivity contribution in [1.29, 1.82) is 0 Å². The fourth-order valence-corrected chi connectivity index (χ4v) is 3.36. The van der Waals surface area contributed by atoms with Crippen LogP contribution in [-0.2, 0) is 4.74 Å². The lowest BCUT2D eigenvalue weighted by atomic mass is 9.98. The van der Waals surface area contributed by atoms with Crippen molar-refractivity contribution in [2.75, 3.05) is 19.7 Å². The van der Waals surface area contributed by atoms with E-state index < -0.39 is 0 Å². The average molecular weight is 241 g/mol. The van der Waals surface area contributed by atoms with Crippen LogP contribution < -0.4 is 0 Å². The molecule has 2 fully saturated rings. The molecule has 2 aliphatic rings. The lowest BCUT2D eigenvalue weighted by Gasteiger charge is -2.30. The number of nitrogens with zero attached hydrogens (tertiary/aromatic N) is 1. The second-order valence-corrected chi connectivity index (χ2v) is 5.98. The smallest absolute Gasteiger partial charge is 0.0710 e. The van der Waals surface area contributed by atoms with Gasteiger partial charge >= 0.3 is 0 Å². The number of rotatable bonds is 5. The highest BCUT2D eigenvalue weighted by atomic mass is 16.5. The molecule has 0 bridgehead atoms. The largest absolute Gasteiger partial charge is 0.395 e. The second kappa shape index (κ2) is 5.68. The molecule has 0 aromatic heterocycles.